The van der Waals surface area contributed by atoms with Crippen LogP contribution in [0.4, 0.5) is 0 Å². The molecule has 98 valence electrons. The summed E-state index contributed by atoms with van der Waals surface area (Å²) < 4.78 is 0. The largest absolute Gasteiger partial charge is 0.0651 e. The van der Waals surface area contributed by atoms with Crippen LogP contribution in [0.1, 0.15) is 74.1 Å². The van der Waals surface area contributed by atoms with Crippen LogP contribution in [-0.4, -0.2) is 0 Å². The molecule has 0 aliphatic rings. The fourth-order valence-electron chi connectivity index (χ4n) is 2.69. The van der Waals surface area contributed by atoms with Crippen LogP contribution in [-0.2, 0) is 0 Å². The van der Waals surface area contributed by atoms with Gasteiger partial charge in [-0.1, -0.05) is 67.7 Å². The second kappa shape index (κ2) is 8.14. The molecular formula is C16H34. The lowest BCUT2D eigenvalue weighted by Gasteiger charge is -2.33. The van der Waals surface area contributed by atoms with Crippen molar-refractivity contribution in [2.24, 2.45) is 29.6 Å². The third-order valence-corrected chi connectivity index (χ3v) is 4.67. The first-order valence-corrected chi connectivity index (χ1v) is 7.43. The third-order valence-electron chi connectivity index (χ3n) is 4.67. The first-order valence-electron chi connectivity index (χ1n) is 7.43. The molecule has 0 radical (unpaired) electrons. The molecule has 4 atom stereocenters. The maximum Gasteiger partial charge on any atom is -0.0360 e. The zero-order chi connectivity index (χ0) is 12.7. The molecule has 0 amide bonds. The Morgan fingerprint density at radius 2 is 1.19 bits per heavy atom. The average Bonchev–Trinajstić information content (AvgIpc) is 2.26. The van der Waals surface area contributed by atoms with Crippen molar-refractivity contribution in [3.63, 3.8) is 0 Å². The van der Waals surface area contributed by atoms with Gasteiger partial charge in [-0.25, -0.2) is 0 Å². The quantitative estimate of drug-likeness (QED) is 0.493. The van der Waals surface area contributed by atoms with E-state index in [1.165, 1.54) is 25.7 Å². The van der Waals surface area contributed by atoms with Gasteiger partial charge >= 0.3 is 0 Å². The molecule has 0 saturated heterocycles. The topological polar surface area (TPSA) is 0 Å². The fourth-order valence-corrected chi connectivity index (χ4v) is 2.69. The van der Waals surface area contributed by atoms with Crippen LogP contribution in [0.25, 0.3) is 0 Å². The summed E-state index contributed by atoms with van der Waals surface area (Å²) in [6.45, 7) is 16.7. The predicted molar refractivity (Wildman–Crippen MR) is 75.6 cm³/mol. The van der Waals surface area contributed by atoms with Crippen LogP contribution in [0.2, 0.25) is 0 Å². The van der Waals surface area contributed by atoms with Gasteiger partial charge in [-0.3, -0.25) is 0 Å². The van der Waals surface area contributed by atoms with E-state index < -0.39 is 0 Å². The Hall–Kier alpha value is 0. The zero-order valence-electron chi connectivity index (χ0n) is 12.7. The number of hydrogen-bond donors (Lipinski definition) is 0. The molecule has 0 heteroatoms. The van der Waals surface area contributed by atoms with Gasteiger partial charge in [0.25, 0.3) is 0 Å². The molecule has 0 aliphatic heterocycles. The lowest BCUT2D eigenvalue weighted by molar-refractivity contribution is 0.167. The van der Waals surface area contributed by atoms with Gasteiger partial charge in [-0.2, -0.15) is 0 Å². The van der Waals surface area contributed by atoms with Crippen molar-refractivity contribution in [3.05, 3.63) is 0 Å². The Bertz CT molecular complexity index is 159. The lowest BCUT2D eigenvalue weighted by Crippen LogP contribution is -2.25. The van der Waals surface area contributed by atoms with E-state index in [2.05, 4.69) is 48.5 Å². The van der Waals surface area contributed by atoms with Gasteiger partial charge in [0.05, 0.1) is 0 Å². The molecule has 0 heterocycles. The highest BCUT2D eigenvalue weighted by Crippen LogP contribution is 2.34. The van der Waals surface area contributed by atoms with Crippen molar-refractivity contribution in [2.75, 3.05) is 0 Å². The van der Waals surface area contributed by atoms with Gasteiger partial charge in [-0.05, 0) is 36.0 Å². The van der Waals surface area contributed by atoms with Gasteiger partial charge in [0.1, 0.15) is 0 Å². The molecular weight excluding hydrogens is 192 g/mol. The highest BCUT2D eigenvalue weighted by molar-refractivity contribution is 4.75. The Balaban J connectivity index is 4.40. The minimum absolute atomic E-state index is 0.857. The van der Waals surface area contributed by atoms with E-state index in [-0.39, 0.29) is 0 Å². The van der Waals surface area contributed by atoms with Crippen LogP contribution in [0.3, 0.4) is 0 Å². The van der Waals surface area contributed by atoms with Crippen LogP contribution >= 0.6 is 0 Å². The van der Waals surface area contributed by atoms with Crippen LogP contribution in [0.5, 0.6) is 0 Å². The summed E-state index contributed by atoms with van der Waals surface area (Å²) in [6, 6.07) is 0. The highest BCUT2D eigenvalue weighted by atomic mass is 14.3. The first-order chi connectivity index (χ1) is 7.43. The maximum absolute atomic E-state index is 2.48. The molecule has 0 aliphatic carbocycles. The summed E-state index contributed by atoms with van der Waals surface area (Å²) in [5.74, 6) is 4.45. The monoisotopic (exact) mass is 226 g/mol. The molecule has 0 aromatic carbocycles. The normalized spacial score (nSPS) is 19.5. The summed E-state index contributed by atoms with van der Waals surface area (Å²) in [5, 5.41) is 0. The molecule has 0 aromatic rings. The van der Waals surface area contributed by atoms with Crippen molar-refractivity contribution in [1.29, 1.82) is 0 Å². The highest BCUT2D eigenvalue weighted by Gasteiger charge is 2.25. The Labute approximate surface area is 104 Å². The Morgan fingerprint density at radius 3 is 1.56 bits per heavy atom. The summed E-state index contributed by atoms with van der Waals surface area (Å²) in [7, 11) is 0. The SMILES string of the molecule is CCC(C)C(C)C(CCC(C)C)C(C)CC. The summed E-state index contributed by atoms with van der Waals surface area (Å²) in [5.41, 5.74) is 0. The van der Waals surface area contributed by atoms with Crippen LogP contribution < -0.4 is 0 Å². The van der Waals surface area contributed by atoms with E-state index in [0.717, 1.165) is 29.6 Å². The predicted octanol–water partition coefficient (Wildman–Crippen LogP) is 5.77. The lowest BCUT2D eigenvalue weighted by atomic mass is 9.72. The fraction of sp³-hybridized carbons (Fsp3) is 1.00. The van der Waals surface area contributed by atoms with Gasteiger partial charge < -0.3 is 0 Å². The molecule has 0 nitrogen and oxygen atoms in total. The van der Waals surface area contributed by atoms with Gasteiger partial charge in [0, 0.05) is 0 Å². The van der Waals surface area contributed by atoms with E-state index in [1.54, 1.807) is 0 Å². The molecule has 16 heavy (non-hydrogen) atoms. The maximum atomic E-state index is 2.48. The summed E-state index contributed by atoms with van der Waals surface area (Å²) in [6.07, 6.45) is 5.49. The van der Waals surface area contributed by atoms with Gasteiger partial charge in [0.15, 0.2) is 0 Å². The van der Waals surface area contributed by atoms with E-state index in [0.29, 0.717) is 0 Å². The summed E-state index contributed by atoms with van der Waals surface area (Å²) >= 11 is 0. The van der Waals surface area contributed by atoms with Crippen molar-refractivity contribution < 1.29 is 0 Å². The number of hydrogen-bond acceptors (Lipinski definition) is 0. The molecule has 0 aromatic heterocycles. The molecule has 0 rings (SSSR count). The molecule has 4 unspecified atom stereocenters. The number of rotatable bonds is 8. The minimum atomic E-state index is 0.857. The second-order valence-electron chi connectivity index (χ2n) is 6.27. The van der Waals surface area contributed by atoms with Gasteiger partial charge in [-0.15, -0.1) is 0 Å². The standard InChI is InChI=1S/C16H34/c1-8-13(5)15(7)16(14(6)9-2)11-10-12(3)4/h12-16H,8-11H2,1-7H3. The van der Waals surface area contributed by atoms with E-state index in [1.807, 2.05) is 0 Å². The molecule has 0 spiro atoms. The van der Waals surface area contributed by atoms with Crippen molar-refractivity contribution in [2.45, 2.75) is 74.1 Å². The van der Waals surface area contributed by atoms with Crippen LogP contribution in [0.15, 0.2) is 0 Å². The van der Waals surface area contributed by atoms with E-state index >= 15 is 0 Å². The average molecular weight is 226 g/mol. The van der Waals surface area contributed by atoms with Crippen molar-refractivity contribution in [1.82, 2.24) is 0 Å². The molecule has 0 N–H and O–H groups in total. The smallest absolute Gasteiger partial charge is 0.0360 e. The van der Waals surface area contributed by atoms with Crippen molar-refractivity contribution >= 4 is 0 Å². The molecule has 0 fully saturated rings. The first kappa shape index (κ1) is 16.0. The van der Waals surface area contributed by atoms with Crippen LogP contribution in [0, 0.1) is 29.6 Å². The zero-order valence-corrected chi connectivity index (χ0v) is 12.7. The Kier molecular flexibility index (Phi) is 8.14. The van der Waals surface area contributed by atoms with Crippen molar-refractivity contribution in [3.8, 4) is 0 Å². The minimum Gasteiger partial charge on any atom is -0.0651 e. The third kappa shape index (κ3) is 5.37. The van der Waals surface area contributed by atoms with E-state index in [9.17, 15) is 0 Å². The van der Waals surface area contributed by atoms with E-state index in [4.69, 9.17) is 0 Å². The summed E-state index contributed by atoms with van der Waals surface area (Å²) in [4.78, 5) is 0. The molecule has 0 saturated carbocycles. The Morgan fingerprint density at radius 1 is 0.688 bits per heavy atom. The molecule has 0 bridgehead atoms. The van der Waals surface area contributed by atoms with Gasteiger partial charge in [0.2, 0.25) is 0 Å². The second-order valence-corrected chi connectivity index (χ2v) is 6.27.